The second kappa shape index (κ2) is 5.46. The number of rotatable bonds is 5. The number of hydrogen-bond acceptors (Lipinski definition) is 3. The van der Waals surface area contributed by atoms with E-state index in [-0.39, 0.29) is 0 Å². The van der Waals surface area contributed by atoms with Crippen molar-refractivity contribution in [3.63, 3.8) is 0 Å². The lowest BCUT2D eigenvalue weighted by molar-refractivity contribution is -0.366. The molecular formula is C11H18NO3+. The molecule has 0 saturated carbocycles. The summed E-state index contributed by atoms with van der Waals surface area (Å²) in [5.41, 5.74) is 4.91. The number of methoxy groups -OCH3 is 3. The molecule has 3 N–H and O–H groups in total. The van der Waals surface area contributed by atoms with Crippen LogP contribution in [0.25, 0.3) is 0 Å². The fourth-order valence-electron chi connectivity index (χ4n) is 1.48. The van der Waals surface area contributed by atoms with E-state index >= 15 is 0 Å². The molecule has 0 saturated heterocycles. The van der Waals surface area contributed by atoms with E-state index < -0.39 is 0 Å². The highest BCUT2D eigenvalue weighted by atomic mass is 16.5. The third-order valence-electron chi connectivity index (χ3n) is 2.23. The summed E-state index contributed by atoms with van der Waals surface area (Å²) in [5.74, 6) is 2.22. The summed E-state index contributed by atoms with van der Waals surface area (Å²) in [5, 5.41) is 0. The van der Waals surface area contributed by atoms with Gasteiger partial charge in [0.1, 0.15) is 5.75 Å². The number of hydrogen-bond donors (Lipinski definition) is 1. The van der Waals surface area contributed by atoms with E-state index in [9.17, 15) is 0 Å². The lowest BCUT2D eigenvalue weighted by Gasteiger charge is -2.13. The fourth-order valence-corrected chi connectivity index (χ4v) is 1.48. The molecule has 0 unspecified atom stereocenters. The van der Waals surface area contributed by atoms with Crippen LogP contribution >= 0.6 is 0 Å². The maximum Gasteiger partial charge on any atom is 0.164 e. The van der Waals surface area contributed by atoms with E-state index in [2.05, 4.69) is 5.73 Å². The van der Waals surface area contributed by atoms with Gasteiger partial charge in [0.05, 0.1) is 27.9 Å². The first-order chi connectivity index (χ1) is 7.26. The number of ether oxygens (including phenoxy) is 3. The predicted octanol–water partition coefficient (Wildman–Crippen LogP) is 0.497. The topological polar surface area (TPSA) is 55.3 Å². The molecule has 0 aliphatic carbocycles. The van der Waals surface area contributed by atoms with E-state index in [1.165, 1.54) is 0 Å². The summed E-state index contributed by atoms with van der Waals surface area (Å²) >= 11 is 0. The smallest absolute Gasteiger partial charge is 0.164 e. The van der Waals surface area contributed by atoms with Crippen molar-refractivity contribution in [3.8, 4) is 17.2 Å². The molecule has 1 aromatic rings. The minimum absolute atomic E-state index is 0.683. The molecule has 0 amide bonds. The van der Waals surface area contributed by atoms with Crippen LogP contribution in [0.3, 0.4) is 0 Å². The highest BCUT2D eigenvalue weighted by molar-refractivity contribution is 5.50. The van der Waals surface area contributed by atoms with Gasteiger partial charge in [-0.1, -0.05) is 0 Å². The van der Waals surface area contributed by atoms with Gasteiger partial charge < -0.3 is 19.9 Å². The first-order valence-electron chi connectivity index (χ1n) is 4.85. The van der Waals surface area contributed by atoms with Crippen LogP contribution in [0.15, 0.2) is 12.1 Å². The molecule has 84 valence electrons. The Morgan fingerprint density at radius 2 is 1.47 bits per heavy atom. The predicted molar refractivity (Wildman–Crippen MR) is 57.6 cm³/mol. The van der Waals surface area contributed by atoms with Gasteiger partial charge in [0.25, 0.3) is 0 Å². The molecule has 15 heavy (non-hydrogen) atoms. The Morgan fingerprint density at radius 3 is 1.93 bits per heavy atom. The summed E-state index contributed by atoms with van der Waals surface area (Å²) in [4.78, 5) is 0. The zero-order valence-electron chi connectivity index (χ0n) is 9.50. The summed E-state index contributed by atoms with van der Waals surface area (Å²) in [7, 11) is 4.88. The zero-order chi connectivity index (χ0) is 11.3. The van der Waals surface area contributed by atoms with Crippen molar-refractivity contribution in [3.05, 3.63) is 17.7 Å². The Kier molecular flexibility index (Phi) is 4.24. The highest BCUT2D eigenvalue weighted by Gasteiger charge is 2.11. The minimum Gasteiger partial charge on any atom is -0.496 e. The normalized spacial score (nSPS) is 9.87. The average Bonchev–Trinajstić information content (AvgIpc) is 2.28. The molecule has 4 nitrogen and oxygen atoms in total. The van der Waals surface area contributed by atoms with Gasteiger partial charge in [0.15, 0.2) is 11.5 Å². The molecule has 0 heterocycles. The Hall–Kier alpha value is -1.42. The van der Waals surface area contributed by atoms with Crippen LogP contribution in [-0.4, -0.2) is 27.9 Å². The minimum atomic E-state index is 0.683. The van der Waals surface area contributed by atoms with Crippen LogP contribution < -0.4 is 19.9 Å². The molecule has 0 fully saturated rings. The second-order valence-corrected chi connectivity index (χ2v) is 3.12. The van der Waals surface area contributed by atoms with Crippen LogP contribution in [-0.2, 0) is 6.42 Å². The Balaban J connectivity index is 3.15. The molecule has 0 aliphatic rings. The summed E-state index contributed by atoms with van der Waals surface area (Å²) < 4.78 is 15.7. The molecular weight excluding hydrogens is 194 g/mol. The Labute approximate surface area is 89.9 Å². The average molecular weight is 212 g/mol. The molecule has 0 bridgehead atoms. The van der Waals surface area contributed by atoms with Crippen LogP contribution in [0, 0.1) is 0 Å². The molecule has 0 spiro atoms. The molecule has 1 aromatic carbocycles. The van der Waals surface area contributed by atoms with E-state index in [1.807, 2.05) is 12.1 Å². The molecule has 0 atom stereocenters. The SMILES string of the molecule is COc1cc(OC)c(OC)cc1CC[NH3+]. The molecule has 4 heteroatoms. The zero-order valence-corrected chi connectivity index (χ0v) is 9.50. The molecule has 0 aliphatic heterocycles. The van der Waals surface area contributed by atoms with Crippen LogP contribution in [0.1, 0.15) is 5.56 Å². The van der Waals surface area contributed by atoms with Crippen molar-refractivity contribution in [2.24, 2.45) is 0 Å². The van der Waals surface area contributed by atoms with Crippen LogP contribution in [0.5, 0.6) is 17.2 Å². The van der Waals surface area contributed by atoms with Crippen molar-refractivity contribution >= 4 is 0 Å². The van der Waals surface area contributed by atoms with Gasteiger partial charge in [-0.3, -0.25) is 0 Å². The van der Waals surface area contributed by atoms with Crippen LogP contribution in [0.2, 0.25) is 0 Å². The number of quaternary nitrogens is 1. The van der Waals surface area contributed by atoms with E-state index in [4.69, 9.17) is 14.2 Å². The van der Waals surface area contributed by atoms with Crippen molar-refractivity contribution < 1.29 is 19.9 Å². The van der Waals surface area contributed by atoms with Crippen molar-refractivity contribution in [2.75, 3.05) is 27.9 Å². The van der Waals surface area contributed by atoms with Gasteiger partial charge in [-0.25, -0.2) is 0 Å². The summed E-state index contributed by atoms with van der Waals surface area (Å²) in [6, 6.07) is 3.77. The number of benzene rings is 1. The van der Waals surface area contributed by atoms with Gasteiger partial charge in [0.2, 0.25) is 0 Å². The van der Waals surface area contributed by atoms with Crippen molar-refractivity contribution in [2.45, 2.75) is 6.42 Å². The highest BCUT2D eigenvalue weighted by Crippen LogP contribution is 2.34. The van der Waals surface area contributed by atoms with Crippen molar-refractivity contribution in [1.29, 1.82) is 0 Å². The van der Waals surface area contributed by atoms with Crippen molar-refractivity contribution in [1.82, 2.24) is 0 Å². The van der Waals surface area contributed by atoms with E-state index in [0.29, 0.717) is 5.75 Å². The quantitative estimate of drug-likeness (QED) is 0.773. The third-order valence-corrected chi connectivity index (χ3v) is 2.23. The van der Waals surface area contributed by atoms with Gasteiger partial charge in [-0.2, -0.15) is 0 Å². The fraction of sp³-hybridized carbons (Fsp3) is 0.455. The van der Waals surface area contributed by atoms with E-state index in [1.54, 1.807) is 21.3 Å². The molecule has 0 radical (unpaired) electrons. The van der Waals surface area contributed by atoms with Gasteiger partial charge in [-0.15, -0.1) is 0 Å². The lowest BCUT2D eigenvalue weighted by Crippen LogP contribution is -2.51. The first kappa shape index (κ1) is 11.7. The maximum atomic E-state index is 5.28. The Bertz CT molecular complexity index is 326. The van der Waals surface area contributed by atoms with E-state index in [0.717, 1.165) is 30.0 Å². The van der Waals surface area contributed by atoms with Gasteiger partial charge >= 0.3 is 0 Å². The molecule has 0 aromatic heterocycles. The Morgan fingerprint density at radius 1 is 0.933 bits per heavy atom. The standard InChI is InChI=1S/C11H17NO3/c1-13-9-7-11(15-3)10(14-2)6-8(9)4-5-12/h6-7H,4-5,12H2,1-3H3/p+1. The monoisotopic (exact) mass is 212 g/mol. The van der Waals surface area contributed by atoms with Crippen LogP contribution in [0.4, 0.5) is 0 Å². The summed E-state index contributed by atoms with van der Waals surface area (Å²) in [6.07, 6.45) is 0.865. The molecule has 1 rings (SSSR count). The maximum absolute atomic E-state index is 5.28. The third kappa shape index (κ3) is 2.53. The van der Waals surface area contributed by atoms with Gasteiger partial charge in [-0.05, 0) is 6.07 Å². The lowest BCUT2D eigenvalue weighted by atomic mass is 10.1. The largest absolute Gasteiger partial charge is 0.496 e. The summed E-state index contributed by atoms with van der Waals surface area (Å²) in [6.45, 7) is 0.825. The van der Waals surface area contributed by atoms with Gasteiger partial charge in [0, 0.05) is 18.1 Å². The first-order valence-corrected chi connectivity index (χ1v) is 4.85. The second-order valence-electron chi connectivity index (χ2n) is 3.12.